The number of fused-ring (bicyclic) bond motifs is 2. The average Bonchev–Trinajstić information content (AvgIpc) is 2.88. The molecule has 0 atom stereocenters. The van der Waals surface area contributed by atoms with Gasteiger partial charge in [-0.15, -0.1) is 0 Å². The van der Waals surface area contributed by atoms with Crippen LogP contribution in [0.3, 0.4) is 0 Å². The molecule has 1 amide bonds. The van der Waals surface area contributed by atoms with Crippen molar-refractivity contribution in [2.75, 3.05) is 32.8 Å². The van der Waals surface area contributed by atoms with Gasteiger partial charge in [0.25, 0.3) is 11.5 Å². The molecule has 1 saturated heterocycles. The number of pyridine rings is 3. The van der Waals surface area contributed by atoms with Gasteiger partial charge in [0.2, 0.25) is 0 Å². The molecule has 0 unspecified atom stereocenters. The molecule has 10 nitrogen and oxygen atoms in total. The summed E-state index contributed by atoms with van der Waals surface area (Å²) in [6.07, 6.45) is 5.08. The Morgan fingerprint density at radius 3 is 2.80 bits per heavy atom. The summed E-state index contributed by atoms with van der Waals surface area (Å²) in [5, 5.41) is 12.0. The van der Waals surface area contributed by atoms with Crippen LogP contribution in [0, 0.1) is 12.3 Å². The number of aromatic nitrogens is 4. The number of amides is 1. The molecule has 0 saturated carbocycles. The van der Waals surface area contributed by atoms with Crippen molar-refractivity contribution in [3.05, 3.63) is 81.5 Å². The van der Waals surface area contributed by atoms with Gasteiger partial charge in [-0.25, -0.2) is 4.98 Å². The zero-order valence-electron chi connectivity index (χ0n) is 19.5. The van der Waals surface area contributed by atoms with E-state index in [1.807, 2.05) is 19.1 Å². The van der Waals surface area contributed by atoms with E-state index in [-0.39, 0.29) is 23.2 Å². The van der Waals surface area contributed by atoms with Gasteiger partial charge in [-0.2, -0.15) is 0 Å². The van der Waals surface area contributed by atoms with Gasteiger partial charge in [-0.3, -0.25) is 29.3 Å². The monoisotopic (exact) mass is 473 g/mol. The maximum absolute atomic E-state index is 13.4. The van der Waals surface area contributed by atoms with E-state index in [1.54, 1.807) is 35.3 Å². The number of hydrogen-bond acceptors (Lipinski definition) is 7. The Hall–Kier alpha value is -3.89. The summed E-state index contributed by atoms with van der Waals surface area (Å²) >= 11 is 0. The quantitative estimate of drug-likeness (QED) is 0.405. The summed E-state index contributed by atoms with van der Waals surface area (Å²) in [7, 11) is 0. The Balaban J connectivity index is 1.59. The lowest BCUT2D eigenvalue weighted by Crippen LogP contribution is -2.41. The van der Waals surface area contributed by atoms with Crippen molar-refractivity contribution in [1.82, 2.24) is 29.2 Å². The van der Waals surface area contributed by atoms with E-state index in [4.69, 9.17) is 15.1 Å². The van der Waals surface area contributed by atoms with Crippen LogP contribution in [0.4, 0.5) is 0 Å². The van der Waals surface area contributed by atoms with E-state index in [1.165, 1.54) is 10.5 Å². The lowest BCUT2D eigenvalue weighted by molar-refractivity contribution is 0.0363. The fourth-order valence-electron chi connectivity index (χ4n) is 4.28. The van der Waals surface area contributed by atoms with Gasteiger partial charge >= 0.3 is 0 Å². The maximum atomic E-state index is 13.4. The molecule has 180 valence electrons. The molecule has 1 fully saturated rings. The number of aryl methyl sites for hydroxylation is 1. The van der Waals surface area contributed by atoms with E-state index in [0.29, 0.717) is 43.0 Å². The minimum atomic E-state index is -0.422. The molecule has 1 aliphatic rings. The first kappa shape index (κ1) is 22.9. The summed E-state index contributed by atoms with van der Waals surface area (Å²) in [6, 6.07) is 8.84. The number of carbonyl (C=O) groups excluding carboxylic acids is 1. The third-order valence-electron chi connectivity index (χ3n) is 6.22. The molecule has 2 N–H and O–H groups in total. The minimum absolute atomic E-state index is 0.0257. The Bertz CT molecular complexity index is 1510. The molecule has 1 aliphatic heterocycles. The first-order chi connectivity index (χ1) is 17.0. The van der Waals surface area contributed by atoms with Crippen molar-refractivity contribution in [3.8, 4) is 0 Å². The van der Waals surface area contributed by atoms with Crippen molar-refractivity contribution in [2.45, 2.75) is 20.0 Å². The second kappa shape index (κ2) is 9.77. The number of carbonyl (C=O) groups is 1. The van der Waals surface area contributed by atoms with E-state index < -0.39 is 5.91 Å². The number of hydrogen-bond donors (Lipinski definition) is 2. The van der Waals surface area contributed by atoms with Crippen molar-refractivity contribution < 1.29 is 9.53 Å². The van der Waals surface area contributed by atoms with E-state index >= 15 is 0 Å². The first-order valence-corrected chi connectivity index (χ1v) is 11.6. The van der Waals surface area contributed by atoms with Crippen LogP contribution in [0.2, 0.25) is 0 Å². The number of morpholine rings is 1. The highest BCUT2D eigenvalue weighted by atomic mass is 16.5. The smallest absolute Gasteiger partial charge is 0.267 e. The Labute approximate surface area is 201 Å². The van der Waals surface area contributed by atoms with Gasteiger partial charge in [-0.05, 0) is 36.2 Å². The number of nitrogens with one attached hydrogen (secondary N) is 2. The predicted molar refractivity (Wildman–Crippen MR) is 130 cm³/mol. The fourth-order valence-corrected chi connectivity index (χ4v) is 4.28. The molecule has 0 bridgehead atoms. The van der Waals surface area contributed by atoms with Gasteiger partial charge in [0.1, 0.15) is 16.8 Å². The summed E-state index contributed by atoms with van der Waals surface area (Å²) < 4.78 is 8.60. The third kappa shape index (κ3) is 4.71. The largest absolute Gasteiger partial charge is 0.379 e. The maximum Gasteiger partial charge on any atom is 0.267 e. The molecule has 0 radical (unpaired) electrons. The fraction of sp³-hybridized carbons (Fsp3) is 0.320. The van der Waals surface area contributed by atoms with E-state index in [9.17, 15) is 9.59 Å². The summed E-state index contributed by atoms with van der Waals surface area (Å²) in [5.41, 5.74) is 2.56. The molecule has 4 aromatic rings. The van der Waals surface area contributed by atoms with Gasteiger partial charge in [0.05, 0.1) is 24.2 Å². The second-order valence-electron chi connectivity index (χ2n) is 8.65. The summed E-state index contributed by atoms with van der Waals surface area (Å²) in [5.74, 6) is -0.422. The van der Waals surface area contributed by atoms with E-state index in [2.05, 4.69) is 15.2 Å². The van der Waals surface area contributed by atoms with Crippen LogP contribution >= 0.6 is 0 Å². The lowest BCUT2D eigenvalue weighted by Gasteiger charge is -2.27. The highest BCUT2D eigenvalue weighted by Crippen LogP contribution is 2.12. The van der Waals surface area contributed by atoms with Gasteiger partial charge in [0.15, 0.2) is 0 Å². The Kier molecular flexibility index (Phi) is 6.39. The van der Waals surface area contributed by atoms with Crippen molar-refractivity contribution >= 4 is 22.6 Å². The van der Waals surface area contributed by atoms with Crippen LogP contribution in [-0.2, 0) is 17.8 Å². The number of nitrogens with zero attached hydrogens (tertiary/aromatic N) is 5. The second-order valence-corrected chi connectivity index (χ2v) is 8.65. The molecular formula is C25H27N7O3. The average molecular weight is 474 g/mol. The zero-order valence-corrected chi connectivity index (χ0v) is 19.5. The normalized spacial score (nSPS) is 14.4. The Morgan fingerprint density at radius 2 is 2.03 bits per heavy atom. The molecule has 0 aliphatic carbocycles. The van der Waals surface area contributed by atoms with Crippen LogP contribution in [0.15, 0.2) is 53.7 Å². The topological polar surface area (TPSA) is 118 Å². The van der Waals surface area contributed by atoms with Gasteiger partial charge in [-0.1, -0.05) is 12.1 Å². The van der Waals surface area contributed by atoms with E-state index in [0.717, 1.165) is 24.2 Å². The summed E-state index contributed by atoms with van der Waals surface area (Å²) in [4.78, 5) is 37.6. The SMILES string of the molecule is Cc1ccc2nc3c(cc(C(=O)NCc4cccnc4)c(=N)n3CCN3CCOCC3)c(=O)n2c1. The third-order valence-corrected chi connectivity index (χ3v) is 6.22. The van der Waals surface area contributed by atoms with Crippen LogP contribution in [0.25, 0.3) is 16.7 Å². The standard InChI is InChI=1S/C25H27N7O3/c1-17-4-5-21-29-23-20(25(34)32(21)16-17)13-19(24(33)28-15-18-3-2-6-27-14-18)22(26)31(23)8-7-30-9-11-35-12-10-30/h2-6,13-14,16,26H,7-12,15H2,1H3,(H,28,33). The highest BCUT2D eigenvalue weighted by Gasteiger charge is 2.19. The molecule has 35 heavy (non-hydrogen) atoms. The first-order valence-electron chi connectivity index (χ1n) is 11.6. The van der Waals surface area contributed by atoms with Crippen molar-refractivity contribution in [1.29, 1.82) is 5.41 Å². The molecule has 0 spiro atoms. The van der Waals surface area contributed by atoms with Crippen LogP contribution in [0.5, 0.6) is 0 Å². The molecule has 5 heterocycles. The summed E-state index contributed by atoms with van der Waals surface area (Å²) in [6.45, 7) is 6.19. The molecule has 10 heteroatoms. The molecule has 0 aromatic carbocycles. The lowest BCUT2D eigenvalue weighted by atomic mass is 10.2. The number of rotatable bonds is 6. The zero-order chi connectivity index (χ0) is 24.4. The molecular weight excluding hydrogens is 446 g/mol. The molecule has 5 rings (SSSR count). The van der Waals surface area contributed by atoms with Crippen LogP contribution in [-0.4, -0.2) is 62.6 Å². The van der Waals surface area contributed by atoms with Crippen molar-refractivity contribution in [3.63, 3.8) is 0 Å². The van der Waals surface area contributed by atoms with Crippen molar-refractivity contribution in [2.24, 2.45) is 0 Å². The minimum Gasteiger partial charge on any atom is -0.379 e. The highest BCUT2D eigenvalue weighted by molar-refractivity contribution is 5.96. The van der Waals surface area contributed by atoms with Gasteiger partial charge in [0, 0.05) is 51.3 Å². The van der Waals surface area contributed by atoms with Crippen LogP contribution < -0.4 is 16.4 Å². The van der Waals surface area contributed by atoms with Crippen LogP contribution in [0.1, 0.15) is 21.5 Å². The Morgan fingerprint density at radius 1 is 1.20 bits per heavy atom. The van der Waals surface area contributed by atoms with Gasteiger partial charge < -0.3 is 14.6 Å². The predicted octanol–water partition coefficient (Wildman–Crippen LogP) is 1.09. The molecule has 4 aromatic heterocycles. The number of ether oxygens (including phenoxy) is 1.